The molecular formula is C37H42N6O6. The summed E-state index contributed by atoms with van der Waals surface area (Å²) in [4.78, 5) is 50.7. The van der Waals surface area contributed by atoms with Crippen LogP contribution in [0, 0.1) is 18.8 Å². The van der Waals surface area contributed by atoms with E-state index in [9.17, 15) is 24.3 Å². The van der Waals surface area contributed by atoms with Gasteiger partial charge in [0.2, 0.25) is 11.8 Å². The molecule has 4 aromatic rings. The van der Waals surface area contributed by atoms with Crippen LogP contribution in [-0.2, 0) is 16.0 Å². The molecule has 0 radical (unpaired) electrons. The van der Waals surface area contributed by atoms with Gasteiger partial charge in [-0.1, -0.05) is 30.3 Å². The average molecular weight is 667 g/mol. The summed E-state index contributed by atoms with van der Waals surface area (Å²) < 4.78 is 0. The van der Waals surface area contributed by atoms with Crippen molar-refractivity contribution in [3.05, 3.63) is 83.6 Å². The fourth-order valence-electron chi connectivity index (χ4n) is 6.76. The van der Waals surface area contributed by atoms with Crippen molar-refractivity contribution in [3.8, 4) is 11.1 Å². The zero-order chi connectivity index (χ0) is 34.5. The molecule has 2 aliphatic carbocycles. The Balaban J connectivity index is 1.13. The van der Waals surface area contributed by atoms with Gasteiger partial charge in [0, 0.05) is 41.6 Å². The minimum Gasteiger partial charge on any atom is -0.465 e. The second-order valence-electron chi connectivity index (χ2n) is 13.4. The van der Waals surface area contributed by atoms with E-state index in [1.807, 2.05) is 49.4 Å². The van der Waals surface area contributed by atoms with E-state index in [2.05, 4.69) is 31.5 Å². The number of aryl methyl sites for hydroxylation is 1. The van der Waals surface area contributed by atoms with Crippen LogP contribution in [-0.4, -0.2) is 69.0 Å². The van der Waals surface area contributed by atoms with Gasteiger partial charge in [0.15, 0.2) is 0 Å². The maximum Gasteiger partial charge on any atom is 0.404 e. The summed E-state index contributed by atoms with van der Waals surface area (Å²) in [5.74, 6) is -0.737. The summed E-state index contributed by atoms with van der Waals surface area (Å²) in [6.45, 7) is 2.33. The molecule has 49 heavy (non-hydrogen) atoms. The number of aliphatic hydroxyl groups is 1. The van der Waals surface area contributed by atoms with Crippen LogP contribution in [0.2, 0.25) is 0 Å². The minimum atomic E-state index is -1.05. The number of nitrogens with zero attached hydrogens (tertiary/aromatic N) is 1. The Kier molecular flexibility index (Phi) is 10.2. The number of carbonyl (C=O) groups excluding carboxylic acids is 3. The normalized spacial score (nSPS) is 20.9. The molecule has 12 heteroatoms. The first kappa shape index (κ1) is 33.7. The number of benzene rings is 3. The van der Waals surface area contributed by atoms with E-state index < -0.39 is 12.1 Å². The molecule has 0 spiro atoms. The van der Waals surface area contributed by atoms with Crippen LogP contribution in [0.1, 0.15) is 60.0 Å². The standard InChI is InChI=1S/C37H42N6O6/c1-21-14-26(35(46)41-29-16-30(44)17-29)11-13-31(21)24-6-2-22(3-7-24)15-33(36(47)40-28-12-10-27-20-39-43-32(27)18-28)42-34(45)25-8-4-23(5-9-25)19-38-37(48)49/h2-3,6-7,10-14,18,20,23,25,29-30,33,38,44H,4-5,8-9,15-17,19H2,1H3,(H,39,43)(H,40,47)(H,41,46)(H,42,45)(H,48,49)/t23-,25-,29?,30?,33-/m0/s1. The smallest absolute Gasteiger partial charge is 0.404 e. The maximum atomic E-state index is 13.7. The lowest BCUT2D eigenvalue weighted by molar-refractivity contribution is -0.130. The number of hydrogen-bond acceptors (Lipinski definition) is 6. The summed E-state index contributed by atoms with van der Waals surface area (Å²) in [6, 6.07) is 18.1. The van der Waals surface area contributed by atoms with Crippen molar-refractivity contribution in [1.82, 2.24) is 26.1 Å². The molecule has 256 valence electrons. The number of H-pyrrole nitrogens is 1. The van der Waals surface area contributed by atoms with Gasteiger partial charge >= 0.3 is 6.09 Å². The molecule has 0 saturated heterocycles. The van der Waals surface area contributed by atoms with E-state index >= 15 is 0 Å². The van der Waals surface area contributed by atoms with Crippen molar-refractivity contribution in [2.24, 2.45) is 11.8 Å². The van der Waals surface area contributed by atoms with E-state index in [1.165, 1.54) is 0 Å². The van der Waals surface area contributed by atoms with Gasteiger partial charge in [-0.15, -0.1) is 0 Å². The number of anilines is 1. The first-order valence-electron chi connectivity index (χ1n) is 16.8. The SMILES string of the molecule is Cc1cc(C(=O)NC2CC(O)C2)ccc1-c1ccc(C[C@H](NC(=O)[C@H]2CC[C@H](CNC(=O)O)CC2)C(=O)Nc2ccc3cn[nH]c3c2)cc1. The van der Waals surface area contributed by atoms with Crippen LogP contribution >= 0.6 is 0 Å². The van der Waals surface area contributed by atoms with Gasteiger partial charge in [0.1, 0.15) is 6.04 Å². The number of amides is 4. The second-order valence-corrected chi connectivity index (χ2v) is 13.4. The maximum absolute atomic E-state index is 13.7. The lowest BCUT2D eigenvalue weighted by Crippen LogP contribution is -2.48. The number of aromatic nitrogens is 2. The number of aromatic amines is 1. The summed E-state index contributed by atoms with van der Waals surface area (Å²) in [5, 5.41) is 37.7. The predicted octanol–water partition coefficient (Wildman–Crippen LogP) is 4.53. The molecule has 6 rings (SSSR count). The molecule has 2 fully saturated rings. The third-order valence-electron chi connectivity index (χ3n) is 9.74. The monoisotopic (exact) mass is 666 g/mol. The molecule has 1 aromatic heterocycles. The number of aliphatic hydroxyl groups excluding tert-OH is 1. The van der Waals surface area contributed by atoms with Gasteiger partial charge in [-0.2, -0.15) is 5.10 Å². The fraction of sp³-hybridized carbons (Fsp3) is 0.378. The van der Waals surface area contributed by atoms with E-state index in [0.717, 1.165) is 46.0 Å². The summed E-state index contributed by atoms with van der Waals surface area (Å²) >= 11 is 0. The zero-order valence-corrected chi connectivity index (χ0v) is 27.4. The first-order chi connectivity index (χ1) is 23.6. The van der Waals surface area contributed by atoms with Crippen molar-refractivity contribution in [2.45, 2.75) is 70.1 Å². The molecule has 2 aliphatic rings. The molecule has 7 N–H and O–H groups in total. The zero-order valence-electron chi connectivity index (χ0n) is 27.4. The number of fused-ring (bicyclic) bond motifs is 1. The summed E-state index contributed by atoms with van der Waals surface area (Å²) in [5.41, 5.74) is 5.69. The fourth-order valence-corrected chi connectivity index (χ4v) is 6.76. The molecule has 3 aromatic carbocycles. The topological polar surface area (TPSA) is 186 Å². The molecule has 2 saturated carbocycles. The van der Waals surface area contributed by atoms with Gasteiger partial charge in [-0.3, -0.25) is 19.5 Å². The quantitative estimate of drug-likeness (QED) is 0.123. The highest BCUT2D eigenvalue weighted by Gasteiger charge is 2.31. The van der Waals surface area contributed by atoms with Crippen molar-refractivity contribution in [1.29, 1.82) is 0 Å². The first-order valence-corrected chi connectivity index (χ1v) is 16.8. The molecule has 12 nitrogen and oxygen atoms in total. The lowest BCUT2D eigenvalue weighted by Gasteiger charge is -2.32. The predicted molar refractivity (Wildman–Crippen MR) is 185 cm³/mol. The molecule has 1 heterocycles. The number of nitrogens with one attached hydrogen (secondary N) is 5. The molecular weight excluding hydrogens is 624 g/mol. The highest BCUT2D eigenvalue weighted by molar-refractivity contribution is 5.99. The molecule has 0 unspecified atom stereocenters. The third kappa shape index (κ3) is 8.44. The Hall–Kier alpha value is -5.23. The Morgan fingerprint density at radius 2 is 1.71 bits per heavy atom. The highest BCUT2D eigenvalue weighted by Crippen LogP contribution is 2.29. The van der Waals surface area contributed by atoms with Crippen molar-refractivity contribution in [3.63, 3.8) is 0 Å². The van der Waals surface area contributed by atoms with Gasteiger partial charge in [-0.05, 0) is 104 Å². The van der Waals surface area contributed by atoms with E-state index in [1.54, 1.807) is 24.4 Å². The van der Waals surface area contributed by atoms with E-state index in [4.69, 9.17) is 5.11 Å². The molecule has 1 atom stereocenters. The van der Waals surface area contributed by atoms with Crippen LogP contribution < -0.4 is 21.3 Å². The van der Waals surface area contributed by atoms with Crippen molar-refractivity contribution >= 4 is 40.4 Å². The molecule has 4 amide bonds. The largest absolute Gasteiger partial charge is 0.465 e. The number of carboxylic acid groups (broad SMARTS) is 1. The Labute approximate surface area is 284 Å². The van der Waals surface area contributed by atoms with Crippen LogP contribution in [0.3, 0.4) is 0 Å². The van der Waals surface area contributed by atoms with Crippen LogP contribution in [0.25, 0.3) is 22.0 Å². The van der Waals surface area contributed by atoms with Crippen LogP contribution in [0.15, 0.2) is 66.9 Å². The van der Waals surface area contributed by atoms with Gasteiger partial charge in [0.05, 0.1) is 17.8 Å². The molecule has 0 aliphatic heterocycles. The molecule has 0 bridgehead atoms. The summed E-state index contributed by atoms with van der Waals surface area (Å²) in [6.07, 6.45) is 4.47. The average Bonchev–Trinajstić information content (AvgIpc) is 3.55. The lowest BCUT2D eigenvalue weighted by atomic mass is 9.81. The summed E-state index contributed by atoms with van der Waals surface area (Å²) in [7, 11) is 0. The number of carbonyl (C=O) groups is 4. The Morgan fingerprint density at radius 3 is 2.41 bits per heavy atom. The van der Waals surface area contributed by atoms with Crippen LogP contribution in [0.5, 0.6) is 0 Å². The van der Waals surface area contributed by atoms with Crippen LogP contribution in [0.4, 0.5) is 10.5 Å². The Bertz CT molecular complexity index is 1820. The number of rotatable bonds is 11. The van der Waals surface area contributed by atoms with Crippen molar-refractivity contribution in [2.75, 3.05) is 11.9 Å². The number of hydrogen-bond donors (Lipinski definition) is 7. The van der Waals surface area contributed by atoms with Gasteiger partial charge in [-0.25, -0.2) is 4.79 Å². The van der Waals surface area contributed by atoms with Gasteiger partial charge in [0.25, 0.3) is 5.91 Å². The minimum absolute atomic E-state index is 0.00810. The van der Waals surface area contributed by atoms with E-state index in [-0.39, 0.29) is 48.1 Å². The second kappa shape index (κ2) is 14.9. The van der Waals surface area contributed by atoms with Crippen molar-refractivity contribution < 1.29 is 29.4 Å². The third-order valence-corrected chi connectivity index (χ3v) is 9.74. The highest BCUT2D eigenvalue weighted by atomic mass is 16.4. The Morgan fingerprint density at radius 1 is 0.959 bits per heavy atom. The van der Waals surface area contributed by atoms with E-state index in [0.29, 0.717) is 43.5 Å². The van der Waals surface area contributed by atoms with Gasteiger partial charge < -0.3 is 31.5 Å².